The summed E-state index contributed by atoms with van der Waals surface area (Å²) in [7, 11) is 0. The molecule has 0 aromatic heterocycles. The Kier molecular flexibility index (Phi) is 3.87. The van der Waals surface area contributed by atoms with Crippen molar-refractivity contribution in [3.63, 3.8) is 0 Å². The van der Waals surface area contributed by atoms with Gasteiger partial charge in [0.25, 0.3) is 0 Å². The maximum absolute atomic E-state index is 12.0. The number of benzene rings is 1. The van der Waals surface area contributed by atoms with E-state index in [1.54, 1.807) is 30.0 Å². The van der Waals surface area contributed by atoms with Gasteiger partial charge in [-0.15, -0.1) is 0 Å². The third-order valence-electron chi connectivity index (χ3n) is 3.16. The molecule has 0 bridgehead atoms. The van der Waals surface area contributed by atoms with E-state index in [2.05, 4.69) is 0 Å². The van der Waals surface area contributed by atoms with Gasteiger partial charge in [-0.2, -0.15) is 0 Å². The van der Waals surface area contributed by atoms with Crippen LogP contribution in [0.25, 0.3) is 0 Å². The molecular weight excluding hydrogens is 228 g/mol. The fourth-order valence-electron chi connectivity index (χ4n) is 2.01. The Morgan fingerprint density at radius 1 is 1.56 bits per heavy atom. The SMILES string of the molecule is C[C@H](N)C(=O)N(Cc1cccc(O)c1)CC1CC1. The van der Waals surface area contributed by atoms with Crippen molar-refractivity contribution in [3.8, 4) is 5.75 Å². The summed E-state index contributed by atoms with van der Waals surface area (Å²) in [6.07, 6.45) is 2.39. The lowest BCUT2D eigenvalue weighted by Crippen LogP contribution is -2.42. The zero-order valence-electron chi connectivity index (χ0n) is 10.7. The molecule has 1 amide bonds. The molecule has 0 aliphatic heterocycles. The molecular formula is C14H20N2O2. The summed E-state index contributed by atoms with van der Waals surface area (Å²) in [5, 5.41) is 9.44. The molecule has 1 saturated carbocycles. The van der Waals surface area contributed by atoms with Crippen LogP contribution < -0.4 is 5.73 Å². The van der Waals surface area contributed by atoms with E-state index >= 15 is 0 Å². The van der Waals surface area contributed by atoms with E-state index in [4.69, 9.17) is 5.73 Å². The van der Waals surface area contributed by atoms with Crippen LogP contribution in [0.1, 0.15) is 25.3 Å². The molecule has 1 aliphatic rings. The Labute approximate surface area is 107 Å². The number of amides is 1. The zero-order chi connectivity index (χ0) is 13.1. The summed E-state index contributed by atoms with van der Waals surface area (Å²) in [6, 6.07) is 6.54. The highest BCUT2D eigenvalue weighted by Gasteiger charge is 2.27. The first kappa shape index (κ1) is 12.9. The van der Waals surface area contributed by atoms with Crippen LogP contribution in [-0.2, 0) is 11.3 Å². The molecule has 1 atom stereocenters. The molecule has 0 spiro atoms. The molecule has 1 fully saturated rings. The van der Waals surface area contributed by atoms with Crippen LogP contribution in [-0.4, -0.2) is 28.5 Å². The Morgan fingerprint density at radius 2 is 2.28 bits per heavy atom. The molecule has 4 nitrogen and oxygen atoms in total. The normalized spacial score (nSPS) is 16.3. The lowest BCUT2D eigenvalue weighted by atomic mass is 10.1. The van der Waals surface area contributed by atoms with Gasteiger partial charge in [-0.25, -0.2) is 0 Å². The van der Waals surface area contributed by atoms with Gasteiger partial charge in [0.15, 0.2) is 0 Å². The number of hydrogen-bond donors (Lipinski definition) is 2. The van der Waals surface area contributed by atoms with Crippen LogP contribution in [0.15, 0.2) is 24.3 Å². The van der Waals surface area contributed by atoms with Gasteiger partial charge in [0, 0.05) is 13.1 Å². The predicted molar refractivity (Wildman–Crippen MR) is 69.9 cm³/mol. The molecule has 0 heterocycles. The van der Waals surface area contributed by atoms with Gasteiger partial charge in [-0.3, -0.25) is 4.79 Å². The number of nitrogens with two attached hydrogens (primary N) is 1. The third kappa shape index (κ3) is 3.47. The van der Waals surface area contributed by atoms with E-state index in [-0.39, 0.29) is 11.7 Å². The molecule has 0 radical (unpaired) electrons. The quantitative estimate of drug-likeness (QED) is 0.829. The topological polar surface area (TPSA) is 66.6 Å². The minimum absolute atomic E-state index is 0.0229. The zero-order valence-corrected chi connectivity index (χ0v) is 10.7. The number of aromatic hydroxyl groups is 1. The second kappa shape index (κ2) is 5.40. The smallest absolute Gasteiger partial charge is 0.239 e. The number of carbonyl (C=O) groups excluding carboxylic acids is 1. The highest BCUT2D eigenvalue weighted by Crippen LogP contribution is 2.30. The summed E-state index contributed by atoms with van der Waals surface area (Å²) in [5.74, 6) is 0.836. The maximum Gasteiger partial charge on any atom is 0.239 e. The number of phenols is 1. The first-order valence-electron chi connectivity index (χ1n) is 6.38. The van der Waals surface area contributed by atoms with E-state index in [1.807, 2.05) is 6.07 Å². The minimum Gasteiger partial charge on any atom is -0.508 e. The fourth-order valence-corrected chi connectivity index (χ4v) is 2.01. The van der Waals surface area contributed by atoms with Gasteiger partial charge in [0.2, 0.25) is 5.91 Å². The summed E-state index contributed by atoms with van der Waals surface area (Å²) in [5.41, 5.74) is 6.61. The van der Waals surface area contributed by atoms with E-state index in [1.165, 1.54) is 12.8 Å². The molecule has 0 unspecified atom stereocenters. The Bertz CT molecular complexity index is 428. The fraction of sp³-hybridized carbons (Fsp3) is 0.500. The van der Waals surface area contributed by atoms with Gasteiger partial charge < -0.3 is 15.7 Å². The number of phenolic OH excluding ortho intramolecular Hbond substituents is 1. The number of carbonyl (C=O) groups is 1. The summed E-state index contributed by atoms with van der Waals surface area (Å²) >= 11 is 0. The van der Waals surface area contributed by atoms with Crippen molar-refractivity contribution in [1.82, 2.24) is 4.90 Å². The average Bonchev–Trinajstić information content (AvgIpc) is 3.11. The molecule has 1 aliphatic carbocycles. The second-order valence-corrected chi connectivity index (χ2v) is 5.12. The molecule has 4 heteroatoms. The predicted octanol–water partition coefficient (Wildman–Crippen LogP) is 1.48. The van der Waals surface area contributed by atoms with Crippen molar-refractivity contribution < 1.29 is 9.90 Å². The van der Waals surface area contributed by atoms with E-state index in [9.17, 15) is 9.90 Å². The Hall–Kier alpha value is -1.55. The summed E-state index contributed by atoms with van der Waals surface area (Å²) in [6.45, 7) is 3.01. The van der Waals surface area contributed by atoms with Crippen molar-refractivity contribution in [2.24, 2.45) is 11.7 Å². The van der Waals surface area contributed by atoms with Crippen LogP contribution in [0, 0.1) is 5.92 Å². The van der Waals surface area contributed by atoms with Crippen LogP contribution >= 0.6 is 0 Å². The molecule has 1 aromatic rings. The minimum atomic E-state index is -0.471. The molecule has 98 valence electrons. The summed E-state index contributed by atoms with van der Waals surface area (Å²) in [4.78, 5) is 13.8. The second-order valence-electron chi connectivity index (χ2n) is 5.12. The highest BCUT2D eigenvalue weighted by atomic mass is 16.3. The van der Waals surface area contributed by atoms with Crippen molar-refractivity contribution in [3.05, 3.63) is 29.8 Å². The van der Waals surface area contributed by atoms with E-state index in [0.717, 1.165) is 12.1 Å². The van der Waals surface area contributed by atoms with Gasteiger partial charge in [-0.1, -0.05) is 12.1 Å². The largest absolute Gasteiger partial charge is 0.508 e. The molecule has 3 N–H and O–H groups in total. The van der Waals surface area contributed by atoms with E-state index in [0.29, 0.717) is 12.5 Å². The maximum atomic E-state index is 12.0. The van der Waals surface area contributed by atoms with Crippen molar-refractivity contribution >= 4 is 5.91 Å². The first-order valence-corrected chi connectivity index (χ1v) is 6.38. The lowest BCUT2D eigenvalue weighted by Gasteiger charge is -2.24. The summed E-state index contributed by atoms with van der Waals surface area (Å²) < 4.78 is 0. The van der Waals surface area contributed by atoms with Gasteiger partial charge in [0.05, 0.1) is 6.04 Å². The van der Waals surface area contributed by atoms with Crippen LogP contribution in [0.4, 0.5) is 0 Å². The Balaban J connectivity index is 2.06. The number of rotatable bonds is 5. The standard InChI is InChI=1S/C14H20N2O2/c1-10(15)14(18)16(8-11-5-6-11)9-12-3-2-4-13(17)7-12/h2-4,7,10-11,17H,5-6,8-9,15H2,1H3/t10-/m0/s1. The van der Waals surface area contributed by atoms with Gasteiger partial charge in [-0.05, 0) is 43.4 Å². The monoisotopic (exact) mass is 248 g/mol. The van der Waals surface area contributed by atoms with Crippen LogP contribution in [0.3, 0.4) is 0 Å². The molecule has 18 heavy (non-hydrogen) atoms. The highest BCUT2D eigenvalue weighted by molar-refractivity contribution is 5.81. The molecule has 0 saturated heterocycles. The number of nitrogens with zero attached hydrogens (tertiary/aromatic N) is 1. The molecule has 1 aromatic carbocycles. The Morgan fingerprint density at radius 3 is 2.83 bits per heavy atom. The van der Waals surface area contributed by atoms with Crippen LogP contribution in [0.2, 0.25) is 0 Å². The van der Waals surface area contributed by atoms with E-state index < -0.39 is 6.04 Å². The van der Waals surface area contributed by atoms with Crippen molar-refractivity contribution in [2.45, 2.75) is 32.4 Å². The first-order chi connectivity index (χ1) is 8.56. The van der Waals surface area contributed by atoms with Crippen molar-refractivity contribution in [2.75, 3.05) is 6.54 Å². The van der Waals surface area contributed by atoms with Crippen molar-refractivity contribution in [1.29, 1.82) is 0 Å². The third-order valence-corrected chi connectivity index (χ3v) is 3.16. The van der Waals surface area contributed by atoms with Crippen LogP contribution in [0.5, 0.6) is 5.75 Å². The number of hydrogen-bond acceptors (Lipinski definition) is 3. The average molecular weight is 248 g/mol. The van der Waals surface area contributed by atoms with Gasteiger partial charge in [0.1, 0.15) is 5.75 Å². The lowest BCUT2D eigenvalue weighted by molar-refractivity contribution is -0.133. The molecule has 2 rings (SSSR count). The van der Waals surface area contributed by atoms with Gasteiger partial charge >= 0.3 is 0 Å².